The molecule has 0 aromatic heterocycles. The van der Waals surface area contributed by atoms with Crippen LogP contribution >= 0.6 is 0 Å². The zero-order chi connectivity index (χ0) is 16.3. The Balaban J connectivity index is 1.34. The summed E-state index contributed by atoms with van der Waals surface area (Å²) in [6, 6.07) is 9.85. The SMILES string of the molecule is O=C1[C@@H]2[C@@H](C(=O)N1/N=C\C=C\c1ccccc1)[C@@H]1C=C[C@H]2C12CC2. The highest BCUT2D eigenvalue weighted by Crippen LogP contribution is 2.73. The number of hydrogen-bond donors (Lipinski definition) is 0. The number of amides is 2. The number of carbonyl (C=O) groups excluding carboxylic acids is 2. The van der Waals surface area contributed by atoms with Crippen LogP contribution in [0.2, 0.25) is 0 Å². The Labute approximate surface area is 140 Å². The molecule has 2 bridgehead atoms. The van der Waals surface area contributed by atoms with Gasteiger partial charge in [-0.15, -0.1) is 0 Å². The molecule has 1 aromatic carbocycles. The summed E-state index contributed by atoms with van der Waals surface area (Å²) in [6.07, 6.45) is 11.9. The van der Waals surface area contributed by atoms with Gasteiger partial charge in [-0.1, -0.05) is 48.6 Å². The largest absolute Gasteiger partial charge is 0.272 e. The maximum absolute atomic E-state index is 12.7. The summed E-state index contributed by atoms with van der Waals surface area (Å²) in [4.78, 5) is 25.4. The number of allylic oxidation sites excluding steroid dienone is 3. The van der Waals surface area contributed by atoms with Gasteiger partial charge >= 0.3 is 0 Å². The standard InChI is InChI=1S/C20H18N2O2/c23-18-16-14-8-9-15(20(14)10-11-20)17(16)19(24)22(18)21-12-4-7-13-5-2-1-3-6-13/h1-9,12,14-17H,10-11H2/b7-4+,21-12-/t14-,15+,16-,17-/m0/s1. The van der Waals surface area contributed by atoms with Gasteiger partial charge in [0.05, 0.1) is 11.8 Å². The van der Waals surface area contributed by atoms with Gasteiger partial charge in [-0.2, -0.15) is 10.1 Å². The summed E-state index contributed by atoms with van der Waals surface area (Å²) in [5.41, 5.74) is 1.29. The van der Waals surface area contributed by atoms with Crippen LogP contribution in [0.5, 0.6) is 0 Å². The van der Waals surface area contributed by atoms with Gasteiger partial charge in [0.2, 0.25) is 0 Å². The van der Waals surface area contributed by atoms with Crippen LogP contribution in [0.15, 0.2) is 53.7 Å². The summed E-state index contributed by atoms with van der Waals surface area (Å²) >= 11 is 0. The van der Waals surface area contributed by atoms with Crippen molar-refractivity contribution < 1.29 is 9.59 Å². The molecule has 1 spiro atoms. The highest BCUT2D eigenvalue weighted by Gasteiger charge is 2.73. The number of imide groups is 1. The molecule has 4 heteroatoms. The predicted octanol–water partition coefficient (Wildman–Crippen LogP) is 2.88. The third-order valence-corrected chi connectivity index (χ3v) is 6.19. The van der Waals surface area contributed by atoms with Crippen LogP contribution in [0, 0.1) is 29.1 Å². The lowest BCUT2D eigenvalue weighted by Crippen LogP contribution is -2.30. The van der Waals surface area contributed by atoms with Gasteiger partial charge in [-0.25, -0.2) is 0 Å². The minimum atomic E-state index is -0.176. The van der Waals surface area contributed by atoms with Crippen LogP contribution in [0.1, 0.15) is 18.4 Å². The van der Waals surface area contributed by atoms with Crippen LogP contribution in [0.25, 0.3) is 6.08 Å². The molecule has 0 radical (unpaired) electrons. The maximum atomic E-state index is 12.7. The second-order valence-corrected chi connectivity index (χ2v) is 7.24. The number of hydrogen-bond acceptors (Lipinski definition) is 3. The Morgan fingerprint density at radius 3 is 2.21 bits per heavy atom. The van der Waals surface area contributed by atoms with Crippen LogP contribution < -0.4 is 0 Å². The van der Waals surface area contributed by atoms with E-state index in [-0.39, 0.29) is 40.9 Å². The van der Waals surface area contributed by atoms with E-state index < -0.39 is 0 Å². The highest BCUT2D eigenvalue weighted by molar-refractivity contribution is 6.07. The van der Waals surface area contributed by atoms with Gasteiger partial charge in [0.1, 0.15) is 0 Å². The summed E-state index contributed by atoms with van der Waals surface area (Å²) in [5.74, 6) is -0.0708. The van der Waals surface area contributed by atoms with Gasteiger partial charge in [0.15, 0.2) is 0 Å². The number of rotatable bonds is 3. The first-order valence-electron chi connectivity index (χ1n) is 8.54. The van der Waals surface area contributed by atoms with Gasteiger partial charge < -0.3 is 0 Å². The second kappa shape index (κ2) is 4.76. The Morgan fingerprint density at radius 1 is 1.00 bits per heavy atom. The average Bonchev–Trinajstić information content (AvgIpc) is 3.20. The molecule has 1 aromatic rings. The van der Waals surface area contributed by atoms with E-state index in [1.54, 1.807) is 6.08 Å². The van der Waals surface area contributed by atoms with Crippen LogP contribution in [0.4, 0.5) is 0 Å². The number of fused-ring (bicyclic) bond motifs is 3. The van der Waals surface area contributed by atoms with Crippen molar-refractivity contribution in [3.63, 3.8) is 0 Å². The molecule has 5 rings (SSSR count). The van der Waals surface area contributed by atoms with Crippen molar-refractivity contribution in [2.75, 3.05) is 0 Å². The quantitative estimate of drug-likeness (QED) is 0.489. The van der Waals surface area contributed by atoms with E-state index in [4.69, 9.17) is 0 Å². The van der Waals surface area contributed by atoms with Crippen molar-refractivity contribution >= 4 is 24.1 Å². The smallest absolute Gasteiger partial charge is 0.254 e. The molecule has 4 aliphatic rings. The van der Waals surface area contributed by atoms with Crippen LogP contribution in [0.3, 0.4) is 0 Å². The van der Waals surface area contributed by atoms with Crippen molar-refractivity contribution in [2.45, 2.75) is 12.8 Å². The van der Waals surface area contributed by atoms with Gasteiger partial charge in [-0.05, 0) is 41.7 Å². The van der Waals surface area contributed by atoms with E-state index in [0.29, 0.717) is 0 Å². The fourth-order valence-electron chi connectivity index (χ4n) is 5.00. The lowest BCUT2D eigenvalue weighted by Gasteiger charge is -2.18. The molecular formula is C20H18N2O2. The molecule has 24 heavy (non-hydrogen) atoms. The highest BCUT2D eigenvalue weighted by atomic mass is 16.2. The van der Waals surface area contributed by atoms with Crippen molar-refractivity contribution in [2.24, 2.45) is 34.2 Å². The minimum absolute atomic E-state index is 0.113. The monoisotopic (exact) mass is 318 g/mol. The van der Waals surface area contributed by atoms with E-state index >= 15 is 0 Å². The molecule has 4 nitrogen and oxygen atoms in total. The number of carbonyl (C=O) groups is 2. The molecule has 3 aliphatic carbocycles. The Bertz CT molecular complexity index is 770. The molecule has 2 amide bonds. The molecule has 0 N–H and O–H groups in total. The fourth-order valence-corrected chi connectivity index (χ4v) is 5.00. The number of hydrazone groups is 1. The molecule has 2 saturated carbocycles. The summed E-state index contributed by atoms with van der Waals surface area (Å²) in [7, 11) is 0. The maximum Gasteiger partial charge on any atom is 0.254 e. The summed E-state index contributed by atoms with van der Waals surface area (Å²) in [5, 5.41) is 5.25. The number of benzene rings is 1. The summed E-state index contributed by atoms with van der Waals surface area (Å²) in [6.45, 7) is 0. The van der Waals surface area contributed by atoms with Crippen molar-refractivity contribution in [1.82, 2.24) is 5.01 Å². The first kappa shape index (κ1) is 13.9. The van der Waals surface area contributed by atoms with E-state index in [9.17, 15) is 9.59 Å². The van der Waals surface area contributed by atoms with E-state index in [1.807, 2.05) is 36.4 Å². The Morgan fingerprint density at radius 2 is 1.62 bits per heavy atom. The van der Waals surface area contributed by atoms with Crippen molar-refractivity contribution in [1.29, 1.82) is 0 Å². The van der Waals surface area contributed by atoms with Gasteiger partial charge in [0.25, 0.3) is 11.8 Å². The summed E-state index contributed by atoms with van der Waals surface area (Å²) < 4.78 is 0. The fraction of sp³-hybridized carbons (Fsp3) is 0.350. The zero-order valence-corrected chi connectivity index (χ0v) is 13.2. The van der Waals surface area contributed by atoms with E-state index in [0.717, 1.165) is 23.4 Å². The van der Waals surface area contributed by atoms with Crippen LogP contribution in [-0.2, 0) is 9.59 Å². The third kappa shape index (κ3) is 1.71. The normalized spacial score (nSPS) is 35.1. The molecule has 1 aliphatic heterocycles. The zero-order valence-electron chi connectivity index (χ0n) is 13.2. The van der Waals surface area contributed by atoms with Gasteiger partial charge in [0, 0.05) is 6.21 Å². The molecule has 3 fully saturated rings. The predicted molar refractivity (Wildman–Crippen MR) is 90.6 cm³/mol. The topological polar surface area (TPSA) is 49.7 Å². The van der Waals surface area contributed by atoms with E-state index in [1.165, 1.54) is 6.21 Å². The minimum Gasteiger partial charge on any atom is -0.272 e. The number of nitrogens with zero attached hydrogens (tertiary/aromatic N) is 2. The van der Waals surface area contributed by atoms with E-state index in [2.05, 4.69) is 17.3 Å². The first-order valence-corrected chi connectivity index (χ1v) is 8.54. The van der Waals surface area contributed by atoms with Crippen molar-refractivity contribution in [3.05, 3.63) is 54.1 Å². The lowest BCUT2D eigenvalue weighted by molar-refractivity contribution is -0.141. The average molecular weight is 318 g/mol. The lowest BCUT2D eigenvalue weighted by atomic mass is 9.85. The van der Waals surface area contributed by atoms with Crippen LogP contribution in [-0.4, -0.2) is 23.0 Å². The Kier molecular flexibility index (Phi) is 2.76. The molecule has 1 saturated heterocycles. The molecule has 4 atom stereocenters. The molecule has 0 unspecified atom stereocenters. The van der Waals surface area contributed by atoms with Gasteiger partial charge in [-0.3, -0.25) is 9.59 Å². The molecular weight excluding hydrogens is 300 g/mol. The first-order chi connectivity index (χ1) is 11.7. The second-order valence-electron chi connectivity index (χ2n) is 7.24. The molecule has 120 valence electrons. The Hall–Kier alpha value is -2.49. The third-order valence-electron chi connectivity index (χ3n) is 6.19. The molecule has 1 heterocycles. The van der Waals surface area contributed by atoms with Crippen molar-refractivity contribution in [3.8, 4) is 0 Å².